The maximum Gasteiger partial charge on any atom is 0.278 e. The molecule has 2 heterocycles. The van der Waals surface area contributed by atoms with Crippen LogP contribution in [0.2, 0.25) is 0 Å². The smallest absolute Gasteiger partial charge is 0.278 e. The highest BCUT2D eigenvalue weighted by Gasteiger charge is 2.25. The number of rotatable bonds is 5. The molecular formula is C23H26N4O3. The molecule has 2 aromatic carbocycles. The highest BCUT2D eigenvalue weighted by atomic mass is 16.5. The lowest BCUT2D eigenvalue weighted by molar-refractivity contribution is 0.0751. The van der Waals surface area contributed by atoms with E-state index < -0.39 is 0 Å². The van der Waals surface area contributed by atoms with Crippen molar-refractivity contribution >= 4 is 5.91 Å². The van der Waals surface area contributed by atoms with E-state index in [0.29, 0.717) is 13.1 Å². The molecule has 0 atom stereocenters. The van der Waals surface area contributed by atoms with E-state index in [2.05, 4.69) is 22.1 Å². The van der Waals surface area contributed by atoms with Crippen LogP contribution in [0.1, 0.15) is 22.5 Å². The summed E-state index contributed by atoms with van der Waals surface area (Å²) in [5.74, 6) is 0.526. The zero-order chi connectivity index (χ0) is 20.9. The van der Waals surface area contributed by atoms with Crippen molar-refractivity contribution in [2.75, 3.05) is 33.3 Å². The second-order valence-corrected chi connectivity index (χ2v) is 7.41. The third-order valence-corrected chi connectivity index (χ3v) is 5.36. The Morgan fingerprint density at radius 3 is 2.53 bits per heavy atom. The van der Waals surface area contributed by atoms with Crippen molar-refractivity contribution in [3.63, 3.8) is 0 Å². The average Bonchev–Trinajstić information content (AvgIpc) is 3.02. The van der Waals surface area contributed by atoms with Crippen LogP contribution >= 0.6 is 0 Å². The molecule has 4 rings (SSSR count). The largest absolute Gasteiger partial charge is 0.504 e. The summed E-state index contributed by atoms with van der Waals surface area (Å²) in [6.45, 7) is 3.78. The Bertz CT molecular complexity index is 985. The maximum atomic E-state index is 13.0. The SMILES string of the molecule is COc1ccc(CN2CCCN(C(=O)c3nn(-c4ccccc4)cc3O)CC2)cc1. The van der Waals surface area contributed by atoms with Gasteiger partial charge in [0.05, 0.1) is 19.0 Å². The van der Waals surface area contributed by atoms with Gasteiger partial charge in [0.2, 0.25) is 0 Å². The Morgan fingerprint density at radius 1 is 1.03 bits per heavy atom. The van der Waals surface area contributed by atoms with E-state index in [0.717, 1.165) is 37.5 Å². The van der Waals surface area contributed by atoms with Crippen molar-refractivity contribution in [2.45, 2.75) is 13.0 Å². The Labute approximate surface area is 176 Å². The molecule has 1 amide bonds. The van der Waals surface area contributed by atoms with Crippen molar-refractivity contribution in [3.8, 4) is 17.2 Å². The fourth-order valence-corrected chi connectivity index (χ4v) is 3.70. The lowest BCUT2D eigenvalue weighted by atomic mass is 10.2. The fraction of sp³-hybridized carbons (Fsp3) is 0.304. The van der Waals surface area contributed by atoms with Crippen molar-refractivity contribution in [2.24, 2.45) is 0 Å². The number of para-hydroxylation sites is 1. The minimum Gasteiger partial charge on any atom is -0.504 e. The first kappa shape index (κ1) is 20.0. The number of carbonyl (C=O) groups excluding carboxylic acids is 1. The maximum absolute atomic E-state index is 13.0. The molecule has 0 radical (unpaired) electrons. The van der Waals surface area contributed by atoms with Crippen molar-refractivity contribution in [1.82, 2.24) is 19.6 Å². The third kappa shape index (κ3) is 4.46. The van der Waals surface area contributed by atoms with Gasteiger partial charge in [0.15, 0.2) is 11.4 Å². The Morgan fingerprint density at radius 2 is 1.80 bits per heavy atom. The number of carbonyl (C=O) groups is 1. The van der Waals surface area contributed by atoms with Gasteiger partial charge in [-0.2, -0.15) is 5.10 Å². The van der Waals surface area contributed by atoms with Crippen LogP contribution in [-0.4, -0.2) is 63.9 Å². The number of ether oxygens (including phenoxy) is 1. The first-order valence-corrected chi connectivity index (χ1v) is 10.1. The Balaban J connectivity index is 1.40. The molecule has 1 aliphatic rings. The van der Waals surface area contributed by atoms with Gasteiger partial charge in [-0.3, -0.25) is 9.69 Å². The molecule has 1 aliphatic heterocycles. The van der Waals surface area contributed by atoms with Crippen LogP contribution in [0, 0.1) is 0 Å². The lowest BCUT2D eigenvalue weighted by Crippen LogP contribution is -2.35. The van der Waals surface area contributed by atoms with Crippen LogP contribution < -0.4 is 4.74 Å². The number of aromatic nitrogens is 2. The number of nitrogens with zero attached hydrogens (tertiary/aromatic N) is 4. The predicted octanol–water partition coefficient (Wildman–Crippen LogP) is 2.93. The summed E-state index contributed by atoms with van der Waals surface area (Å²) in [7, 11) is 1.66. The van der Waals surface area contributed by atoms with Gasteiger partial charge in [0.25, 0.3) is 5.91 Å². The zero-order valence-corrected chi connectivity index (χ0v) is 17.1. The van der Waals surface area contributed by atoms with Crippen molar-refractivity contribution in [3.05, 3.63) is 72.1 Å². The summed E-state index contributed by atoms with van der Waals surface area (Å²) in [6, 6.07) is 17.5. The monoisotopic (exact) mass is 406 g/mol. The first-order valence-electron chi connectivity index (χ1n) is 10.1. The topological polar surface area (TPSA) is 70.8 Å². The molecule has 0 spiro atoms. The first-order chi connectivity index (χ1) is 14.6. The fourth-order valence-electron chi connectivity index (χ4n) is 3.70. The molecule has 156 valence electrons. The number of hydrogen-bond acceptors (Lipinski definition) is 5. The summed E-state index contributed by atoms with van der Waals surface area (Å²) in [5, 5.41) is 14.6. The molecule has 7 heteroatoms. The Hall–Kier alpha value is -3.32. The minimum atomic E-state index is -0.228. The molecule has 0 aliphatic carbocycles. The van der Waals surface area contributed by atoms with E-state index in [1.165, 1.54) is 16.4 Å². The van der Waals surface area contributed by atoms with Gasteiger partial charge in [-0.25, -0.2) is 4.68 Å². The van der Waals surface area contributed by atoms with Gasteiger partial charge in [0, 0.05) is 32.7 Å². The molecule has 7 nitrogen and oxygen atoms in total. The molecule has 30 heavy (non-hydrogen) atoms. The molecule has 0 bridgehead atoms. The molecule has 1 saturated heterocycles. The second kappa shape index (κ2) is 9.00. The van der Waals surface area contributed by atoms with Crippen LogP contribution in [-0.2, 0) is 6.54 Å². The van der Waals surface area contributed by atoms with E-state index in [1.54, 1.807) is 12.0 Å². The summed E-state index contributed by atoms with van der Waals surface area (Å²) >= 11 is 0. The standard InChI is InChI=1S/C23H26N4O3/c1-30-20-10-8-18(9-11-20)16-25-12-5-13-26(15-14-25)23(29)22-21(28)17-27(24-22)19-6-3-2-4-7-19/h2-4,6-11,17,28H,5,12-16H2,1H3. The highest BCUT2D eigenvalue weighted by molar-refractivity contribution is 5.94. The number of hydrogen-bond donors (Lipinski definition) is 1. The normalized spacial score (nSPS) is 15.0. The third-order valence-electron chi connectivity index (χ3n) is 5.36. The predicted molar refractivity (Wildman–Crippen MR) is 114 cm³/mol. The lowest BCUT2D eigenvalue weighted by Gasteiger charge is -2.21. The number of amides is 1. The molecule has 0 saturated carbocycles. The van der Waals surface area contributed by atoms with Crippen LogP contribution in [0.4, 0.5) is 0 Å². The van der Waals surface area contributed by atoms with Gasteiger partial charge >= 0.3 is 0 Å². The van der Waals surface area contributed by atoms with Gasteiger partial charge in [-0.15, -0.1) is 0 Å². The molecule has 1 N–H and O–H groups in total. The minimum absolute atomic E-state index is 0.0943. The van der Waals surface area contributed by atoms with Gasteiger partial charge in [-0.05, 0) is 36.2 Å². The Kier molecular flexibility index (Phi) is 5.99. The molecular weight excluding hydrogens is 380 g/mol. The zero-order valence-electron chi connectivity index (χ0n) is 17.1. The van der Waals surface area contributed by atoms with Crippen LogP contribution in [0.25, 0.3) is 5.69 Å². The number of benzene rings is 2. The van der Waals surface area contributed by atoms with Crippen LogP contribution in [0.15, 0.2) is 60.8 Å². The van der Waals surface area contributed by atoms with E-state index in [-0.39, 0.29) is 17.4 Å². The van der Waals surface area contributed by atoms with Crippen LogP contribution in [0.3, 0.4) is 0 Å². The number of aromatic hydroxyl groups is 1. The summed E-state index contributed by atoms with van der Waals surface area (Å²) in [5.41, 5.74) is 2.12. The quantitative estimate of drug-likeness (QED) is 0.706. The van der Waals surface area contributed by atoms with Gasteiger partial charge < -0.3 is 14.7 Å². The van der Waals surface area contributed by atoms with Crippen molar-refractivity contribution < 1.29 is 14.6 Å². The van der Waals surface area contributed by atoms with Crippen molar-refractivity contribution in [1.29, 1.82) is 0 Å². The van der Waals surface area contributed by atoms with Gasteiger partial charge in [-0.1, -0.05) is 30.3 Å². The van der Waals surface area contributed by atoms with Crippen LogP contribution in [0.5, 0.6) is 11.5 Å². The molecule has 1 aromatic heterocycles. The number of methoxy groups -OCH3 is 1. The summed E-state index contributed by atoms with van der Waals surface area (Å²) < 4.78 is 6.75. The van der Waals surface area contributed by atoms with Gasteiger partial charge in [0.1, 0.15) is 5.75 Å². The highest BCUT2D eigenvalue weighted by Crippen LogP contribution is 2.21. The van der Waals surface area contributed by atoms with E-state index in [4.69, 9.17) is 4.74 Å². The summed E-state index contributed by atoms with van der Waals surface area (Å²) in [4.78, 5) is 17.1. The molecule has 1 fully saturated rings. The second-order valence-electron chi connectivity index (χ2n) is 7.41. The van der Waals surface area contributed by atoms with E-state index in [1.807, 2.05) is 42.5 Å². The van der Waals surface area contributed by atoms with E-state index >= 15 is 0 Å². The summed E-state index contributed by atoms with van der Waals surface area (Å²) in [6.07, 6.45) is 2.36. The molecule has 0 unspecified atom stereocenters. The molecule has 3 aromatic rings. The van der Waals surface area contributed by atoms with E-state index in [9.17, 15) is 9.90 Å². The average molecular weight is 406 g/mol.